The molecule has 168 valence electrons. The molecule has 0 amide bonds. The molecule has 0 saturated carbocycles. The Morgan fingerprint density at radius 3 is 1.10 bits per heavy atom. The van der Waals surface area contributed by atoms with Gasteiger partial charge in [0.1, 0.15) is 30.7 Å². The van der Waals surface area contributed by atoms with E-state index in [0.717, 1.165) is 39.5 Å². The minimum atomic E-state index is -0.457. The van der Waals surface area contributed by atoms with Gasteiger partial charge in [-0.25, -0.2) is 0 Å². The van der Waals surface area contributed by atoms with Gasteiger partial charge in [0, 0.05) is 10.8 Å². The van der Waals surface area contributed by atoms with Crippen LogP contribution in [0.2, 0.25) is 0 Å². The molecule has 0 aromatic rings. The molecule has 0 aromatic carbocycles. The SMILES string of the molecule is CC=O.CCC(C)(C)C(=O)CC(=O)OC.CCC(C)(C)C(=O)CC(=O)OC.[O]=[Ti]. The Balaban J connectivity index is -0.000000176. The molecule has 0 spiro atoms. The summed E-state index contributed by atoms with van der Waals surface area (Å²) < 4.78 is 17.1. The van der Waals surface area contributed by atoms with Crippen molar-refractivity contribution < 1.29 is 57.2 Å². The first kappa shape index (κ1) is 34.9. The molecule has 0 aliphatic heterocycles. The van der Waals surface area contributed by atoms with Crippen LogP contribution >= 0.6 is 0 Å². The molecule has 0 aliphatic rings. The van der Waals surface area contributed by atoms with Crippen molar-refractivity contribution in [3.63, 3.8) is 0 Å². The van der Waals surface area contributed by atoms with Gasteiger partial charge in [-0.15, -0.1) is 0 Å². The summed E-state index contributed by atoms with van der Waals surface area (Å²) in [6.45, 7) is 12.6. The molecule has 0 bridgehead atoms. The molecule has 0 N–H and O–H groups in total. The van der Waals surface area contributed by atoms with Crippen LogP contribution in [-0.4, -0.2) is 44.0 Å². The fraction of sp³-hybridized carbons (Fsp3) is 0.750. The fourth-order valence-electron chi connectivity index (χ4n) is 1.28. The third-order valence-electron chi connectivity index (χ3n) is 4.34. The Hall–Kier alpha value is -1.54. The van der Waals surface area contributed by atoms with Gasteiger partial charge in [-0.1, -0.05) is 41.5 Å². The molecule has 0 aliphatic carbocycles. The fourth-order valence-corrected chi connectivity index (χ4v) is 1.28. The van der Waals surface area contributed by atoms with E-state index >= 15 is 0 Å². The summed E-state index contributed by atoms with van der Waals surface area (Å²) in [5.74, 6) is -1.03. The number of hydrogen-bond acceptors (Lipinski definition) is 8. The number of carbonyl (C=O) groups is 5. The Labute approximate surface area is 186 Å². The van der Waals surface area contributed by atoms with Gasteiger partial charge in [0.25, 0.3) is 0 Å². The van der Waals surface area contributed by atoms with Gasteiger partial charge < -0.3 is 14.3 Å². The molecule has 0 rings (SSSR count). The maximum atomic E-state index is 11.4. The summed E-state index contributed by atoms with van der Waals surface area (Å²) in [6.07, 6.45) is 2.00. The quantitative estimate of drug-likeness (QED) is 0.238. The predicted molar refractivity (Wildman–Crippen MR) is 104 cm³/mol. The number of esters is 2. The van der Waals surface area contributed by atoms with Gasteiger partial charge in [-0.2, -0.15) is 0 Å². The van der Waals surface area contributed by atoms with Crippen LogP contribution in [0.1, 0.15) is 74.1 Å². The predicted octanol–water partition coefficient (Wildman–Crippen LogP) is 3.19. The van der Waals surface area contributed by atoms with Crippen molar-refractivity contribution in [3.05, 3.63) is 0 Å². The average molecular weight is 452 g/mol. The summed E-state index contributed by atoms with van der Waals surface area (Å²) in [4.78, 5) is 53.0. The number of rotatable bonds is 8. The van der Waals surface area contributed by atoms with Crippen LogP contribution in [0.3, 0.4) is 0 Å². The van der Waals surface area contributed by atoms with E-state index in [1.165, 1.54) is 21.1 Å². The monoisotopic (exact) mass is 452 g/mol. The van der Waals surface area contributed by atoms with Crippen molar-refractivity contribution >= 4 is 29.8 Å². The number of hydrogen-bond donors (Lipinski definition) is 0. The van der Waals surface area contributed by atoms with Gasteiger partial charge in [-0.05, 0) is 19.8 Å². The van der Waals surface area contributed by atoms with Crippen molar-refractivity contribution in [1.29, 1.82) is 0 Å². The Kier molecular flexibility index (Phi) is 23.8. The van der Waals surface area contributed by atoms with Crippen LogP contribution in [-0.2, 0) is 57.2 Å². The van der Waals surface area contributed by atoms with E-state index in [1.807, 2.05) is 41.5 Å². The van der Waals surface area contributed by atoms with Crippen LogP contribution in [0, 0.1) is 10.8 Å². The van der Waals surface area contributed by atoms with Gasteiger partial charge in [0.2, 0.25) is 0 Å². The van der Waals surface area contributed by atoms with Gasteiger partial charge in [0.05, 0.1) is 14.2 Å². The third kappa shape index (κ3) is 19.5. The van der Waals surface area contributed by atoms with E-state index in [4.69, 9.17) is 8.12 Å². The van der Waals surface area contributed by atoms with E-state index < -0.39 is 22.8 Å². The van der Waals surface area contributed by atoms with Crippen molar-refractivity contribution in [2.24, 2.45) is 10.8 Å². The summed E-state index contributed by atoms with van der Waals surface area (Å²) in [5, 5.41) is 0. The van der Waals surface area contributed by atoms with Crippen LogP contribution in [0.15, 0.2) is 0 Å². The second-order valence-electron chi connectivity index (χ2n) is 7.06. The zero-order chi connectivity index (χ0) is 24.3. The normalized spacial score (nSPS) is 9.66. The zero-order valence-electron chi connectivity index (χ0n) is 19.2. The standard InChI is InChI=1S/2C9H16O3.C2H4O.O.Ti/c2*1-5-9(2,3)7(10)6-8(11)12-4;1-2-3;;/h2*5-6H2,1-4H3;2H,1H3;;. The first-order valence-corrected chi connectivity index (χ1v) is 9.73. The third-order valence-corrected chi connectivity index (χ3v) is 4.34. The summed E-state index contributed by atoms with van der Waals surface area (Å²) in [6, 6.07) is 0. The first-order valence-electron chi connectivity index (χ1n) is 9.09. The van der Waals surface area contributed by atoms with Gasteiger partial charge in [0.15, 0.2) is 0 Å². The summed E-state index contributed by atoms with van der Waals surface area (Å²) >= 11 is 0.750. The molecular weight excluding hydrogens is 416 g/mol. The van der Waals surface area contributed by atoms with Crippen LogP contribution < -0.4 is 0 Å². The van der Waals surface area contributed by atoms with E-state index in [-0.39, 0.29) is 24.4 Å². The maximum absolute atomic E-state index is 11.4. The molecule has 29 heavy (non-hydrogen) atoms. The van der Waals surface area contributed by atoms with Crippen LogP contribution in [0.25, 0.3) is 0 Å². The molecular formula is C20H36O8Ti. The van der Waals surface area contributed by atoms with E-state index in [0.29, 0.717) is 0 Å². The number of ether oxygens (including phenoxy) is 2. The second-order valence-corrected chi connectivity index (χ2v) is 7.06. The van der Waals surface area contributed by atoms with Crippen LogP contribution in [0.4, 0.5) is 0 Å². The number of Topliss-reactive ketones (excluding diaryl/α,β-unsaturated/α-hetero) is 2. The Morgan fingerprint density at radius 2 is 0.966 bits per heavy atom. The summed E-state index contributed by atoms with van der Waals surface area (Å²) in [7, 11) is 2.57. The van der Waals surface area contributed by atoms with Gasteiger partial charge in [-0.3, -0.25) is 19.2 Å². The van der Waals surface area contributed by atoms with E-state index in [2.05, 4.69) is 9.47 Å². The van der Waals surface area contributed by atoms with Crippen molar-refractivity contribution in [1.82, 2.24) is 0 Å². The molecule has 0 aromatic heterocycles. The van der Waals surface area contributed by atoms with Gasteiger partial charge >= 0.3 is 35.7 Å². The van der Waals surface area contributed by atoms with Crippen molar-refractivity contribution in [3.8, 4) is 0 Å². The van der Waals surface area contributed by atoms with E-state index in [9.17, 15) is 19.2 Å². The van der Waals surface area contributed by atoms with Crippen molar-refractivity contribution in [2.45, 2.75) is 74.1 Å². The Morgan fingerprint density at radius 1 is 0.759 bits per heavy atom. The van der Waals surface area contributed by atoms with Crippen LogP contribution in [0.5, 0.6) is 0 Å². The summed E-state index contributed by atoms with van der Waals surface area (Å²) in [5.41, 5.74) is -0.817. The molecule has 9 heteroatoms. The molecule has 8 nitrogen and oxygen atoms in total. The number of aldehydes is 1. The first-order chi connectivity index (χ1) is 13.3. The number of ketones is 2. The minimum absolute atomic E-state index is 0.0585. The number of carbonyl (C=O) groups excluding carboxylic acids is 5. The molecule has 0 atom stereocenters. The average Bonchev–Trinajstić information content (AvgIpc) is 2.69. The Bertz CT molecular complexity index is 471. The number of methoxy groups -OCH3 is 2. The molecule has 0 radical (unpaired) electrons. The molecule has 0 unspecified atom stereocenters. The second kappa shape index (κ2) is 19.8. The van der Waals surface area contributed by atoms with Crippen molar-refractivity contribution in [2.75, 3.05) is 14.2 Å². The molecule has 0 heterocycles. The van der Waals surface area contributed by atoms with E-state index in [1.54, 1.807) is 0 Å². The zero-order valence-corrected chi connectivity index (χ0v) is 20.7. The topological polar surface area (TPSA) is 121 Å². The molecule has 0 saturated heterocycles. The molecule has 0 fully saturated rings.